The summed E-state index contributed by atoms with van der Waals surface area (Å²) in [5.74, 6) is -1.36. The van der Waals surface area contributed by atoms with Gasteiger partial charge in [0, 0.05) is 19.5 Å². The Hall–Kier alpha value is -2.04. The van der Waals surface area contributed by atoms with E-state index < -0.39 is 11.9 Å². The SMILES string of the molecule is O=C(O)[C@H]1CC(=O)N(CCc2ccc(O)cc2)C1. The minimum atomic E-state index is -0.907. The molecule has 0 radical (unpaired) electrons. The Labute approximate surface area is 105 Å². The van der Waals surface area contributed by atoms with Gasteiger partial charge in [-0.15, -0.1) is 0 Å². The number of carboxylic acids is 1. The molecule has 1 aliphatic heterocycles. The number of aliphatic carboxylic acids is 1. The zero-order valence-electron chi connectivity index (χ0n) is 9.87. The molecule has 5 heteroatoms. The van der Waals surface area contributed by atoms with E-state index in [1.807, 2.05) is 0 Å². The molecule has 2 rings (SSSR count). The van der Waals surface area contributed by atoms with Gasteiger partial charge in [-0.05, 0) is 24.1 Å². The number of carbonyl (C=O) groups excluding carboxylic acids is 1. The van der Waals surface area contributed by atoms with Crippen molar-refractivity contribution in [1.82, 2.24) is 4.90 Å². The molecule has 96 valence electrons. The molecule has 0 saturated carbocycles. The number of phenolic OH excluding ortho intramolecular Hbond substituents is 1. The number of carbonyl (C=O) groups is 2. The molecular weight excluding hydrogens is 234 g/mol. The summed E-state index contributed by atoms with van der Waals surface area (Å²) < 4.78 is 0. The number of hydrogen-bond acceptors (Lipinski definition) is 3. The van der Waals surface area contributed by atoms with Gasteiger partial charge in [0.1, 0.15) is 5.75 Å². The average Bonchev–Trinajstić information content (AvgIpc) is 2.70. The van der Waals surface area contributed by atoms with Crippen molar-refractivity contribution < 1.29 is 19.8 Å². The number of carboxylic acid groups (broad SMARTS) is 1. The summed E-state index contributed by atoms with van der Waals surface area (Å²) >= 11 is 0. The zero-order valence-corrected chi connectivity index (χ0v) is 9.87. The summed E-state index contributed by atoms with van der Waals surface area (Å²) in [5.41, 5.74) is 1.01. The van der Waals surface area contributed by atoms with Gasteiger partial charge in [0.05, 0.1) is 5.92 Å². The molecule has 0 spiro atoms. The molecule has 1 amide bonds. The van der Waals surface area contributed by atoms with Gasteiger partial charge in [-0.3, -0.25) is 9.59 Å². The Bertz CT molecular complexity index is 455. The van der Waals surface area contributed by atoms with Crippen LogP contribution in [-0.2, 0) is 16.0 Å². The van der Waals surface area contributed by atoms with Gasteiger partial charge in [-0.2, -0.15) is 0 Å². The summed E-state index contributed by atoms with van der Waals surface area (Å²) in [6.07, 6.45) is 0.767. The van der Waals surface area contributed by atoms with E-state index in [9.17, 15) is 9.59 Å². The molecule has 1 aromatic carbocycles. The molecule has 1 fully saturated rings. The molecule has 2 N–H and O–H groups in total. The van der Waals surface area contributed by atoms with Gasteiger partial charge in [0.15, 0.2) is 0 Å². The van der Waals surface area contributed by atoms with Crippen molar-refractivity contribution in [2.24, 2.45) is 5.92 Å². The lowest BCUT2D eigenvalue weighted by atomic mass is 10.1. The number of hydrogen-bond donors (Lipinski definition) is 2. The van der Waals surface area contributed by atoms with E-state index in [1.165, 1.54) is 0 Å². The molecule has 1 atom stereocenters. The van der Waals surface area contributed by atoms with Gasteiger partial charge in [0.25, 0.3) is 0 Å². The molecule has 1 aromatic rings. The monoisotopic (exact) mass is 249 g/mol. The van der Waals surface area contributed by atoms with E-state index in [0.717, 1.165) is 5.56 Å². The summed E-state index contributed by atoms with van der Waals surface area (Å²) in [4.78, 5) is 24.0. The fourth-order valence-corrected chi connectivity index (χ4v) is 2.08. The standard InChI is InChI=1S/C13H15NO4/c15-11-3-1-9(2-4-11)5-6-14-8-10(13(17)18)7-12(14)16/h1-4,10,15H,5-8H2,(H,17,18)/t10-/m0/s1. The fraction of sp³-hybridized carbons (Fsp3) is 0.385. The Balaban J connectivity index is 1.89. The number of amides is 1. The third-order valence-corrected chi connectivity index (χ3v) is 3.17. The largest absolute Gasteiger partial charge is 0.508 e. The second-order valence-corrected chi connectivity index (χ2v) is 4.50. The second-order valence-electron chi connectivity index (χ2n) is 4.50. The molecule has 18 heavy (non-hydrogen) atoms. The molecule has 0 aliphatic carbocycles. The highest BCUT2D eigenvalue weighted by molar-refractivity contribution is 5.86. The first-order valence-corrected chi connectivity index (χ1v) is 5.85. The zero-order chi connectivity index (χ0) is 13.1. The first-order chi connectivity index (χ1) is 8.56. The topological polar surface area (TPSA) is 77.8 Å². The molecule has 0 unspecified atom stereocenters. The second kappa shape index (κ2) is 5.08. The summed E-state index contributed by atoms with van der Waals surface area (Å²) in [7, 11) is 0. The molecule has 0 bridgehead atoms. The van der Waals surface area contributed by atoms with Gasteiger partial charge in [-0.25, -0.2) is 0 Å². The van der Waals surface area contributed by atoms with Gasteiger partial charge in [-0.1, -0.05) is 12.1 Å². The Kier molecular flexibility index (Phi) is 3.50. The minimum absolute atomic E-state index is 0.0961. The minimum Gasteiger partial charge on any atom is -0.508 e. The number of rotatable bonds is 4. The number of aromatic hydroxyl groups is 1. The molecule has 1 aliphatic rings. The van der Waals surface area contributed by atoms with Crippen LogP contribution in [0.25, 0.3) is 0 Å². The van der Waals surface area contributed by atoms with Crippen LogP contribution in [0.15, 0.2) is 24.3 Å². The van der Waals surface area contributed by atoms with Crippen LogP contribution in [0.2, 0.25) is 0 Å². The van der Waals surface area contributed by atoms with Crippen molar-refractivity contribution in [3.63, 3.8) is 0 Å². The van der Waals surface area contributed by atoms with Crippen LogP contribution < -0.4 is 0 Å². The van der Waals surface area contributed by atoms with Crippen molar-refractivity contribution in [2.45, 2.75) is 12.8 Å². The number of likely N-dealkylation sites (tertiary alicyclic amines) is 1. The van der Waals surface area contributed by atoms with Crippen LogP contribution in [0, 0.1) is 5.92 Å². The first-order valence-electron chi connectivity index (χ1n) is 5.85. The summed E-state index contributed by atoms with van der Waals surface area (Å²) in [5, 5.41) is 18.0. The van der Waals surface area contributed by atoms with Crippen LogP contribution in [0.3, 0.4) is 0 Å². The first kappa shape index (κ1) is 12.4. The quantitative estimate of drug-likeness (QED) is 0.830. The highest BCUT2D eigenvalue weighted by Gasteiger charge is 2.33. The van der Waals surface area contributed by atoms with Gasteiger partial charge in [0.2, 0.25) is 5.91 Å². The number of benzene rings is 1. The van der Waals surface area contributed by atoms with Crippen LogP contribution in [0.1, 0.15) is 12.0 Å². The van der Waals surface area contributed by atoms with Crippen LogP contribution in [0.4, 0.5) is 0 Å². The van der Waals surface area contributed by atoms with E-state index in [-0.39, 0.29) is 18.1 Å². The maximum Gasteiger partial charge on any atom is 0.308 e. The predicted octanol–water partition coefficient (Wildman–Crippen LogP) is 0.868. The van der Waals surface area contributed by atoms with Gasteiger partial charge < -0.3 is 15.1 Å². The van der Waals surface area contributed by atoms with Crippen molar-refractivity contribution in [2.75, 3.05) is 13.1 Å². The van der Waals surface area contributed by atoms with Crippen molar-refractivity contribution in [1.29, 1.82) is 0 Å². The predicted molar refractivity (Wildman–Crippen MR) is 64.1 cm³/mol. The van der Waals surface area contributed by atoms with E-state index >= 15 is 0 Å². The third-order valence-electron chi connectivity index (χ3n) is 3.17. The van der Waals surface area contributed by atoms with Crippen LogP contribution in [0.5, 0.6) is 5.75 Å². The smallest absolute Gasteiger partial charge is 0.308 e. The lowest BCUT2D eigenvalue weighted by Gasteiger charge is -2.15. The highest BCUT2D eigenvalue weighted by Crippen LogP contribution is 2.18. The maximum absolute atomic E-state index is 11.6. The fourth-order valence-electron chi connectivity index (χ4n) is 2.08. The Morgan fingerprint density at radius 2 is 2.00 bits per heavy atom. The summed E-state index contributed by atoms with van der Waals surface area (Å²) in [6.45, 7) is 0.819. The Morgan fingerprint density at radius 1 is 1.33 bits per heavy atom. The maximum atomic E-state index is 11.6. The third kappa shape index (κ3) is 2.80. The molecule has 5 nitrogen and oxygen atoms in total. The molecule has 1 heterocycles. The Morgan fingerprint density at radius 3 is 2.56 bits per heavy atom. The number of phenols is 1. The van der Waals surface area contributed by atoms with E-state index in [4.69, 9.17) is 10.2 Å². The highest BCUT2D eigenvalue weighted by atomic mass is 16.4. The van der Waals surface area contributed by atoms with Crippen molar-refractivity contribution >= 4 is 11.9 Å². The van der Waals surface area contributed by atoms with E-state index in [1.54, 1.807) is 29.2 Å². The number of nitrogens with zero attached hydrogens (tertiary/aromatic N) is 1. The van der Waals surface area contributed by atoms with Crippen LogP contribution in [-0.4, -0.2) is 40.1 Å². The average molecular weight is 249 g/mol. The van der Waals surface area contributed by atoms with E-state index in [2.05, 4.69) is 0 Å². The van der Waals surface area contributed by atoms with Crippen LogP contribution >= 0.6 is 0 Å². The van der Waals surface area contributed by atoms with Crippen molar-refractivity contribution in [3.05, 3.63) is 29.8 Å². The van der Waals surface area contributed by atoms with Crippen molar-refractivity contribution in [3.8, 4) is 5.75 Å². The normalized spacial score (nSPS) is 19.2. The van der Waals surface area contributed by atoms with Gasteiger partial charge >= 0.3 is 5.97 Å². The molecular formula is C13H15NO4. The lowest BCUT2D eigenvalue weighted by molar-refractivity contribution is -0.141. The lowest BCUT2D eigenvalue weighted by Crippen LogP contribution is -2.28. The molecule has 1 saturated heterocycles. The molecule has 0 aromatic heterocycles. The summed E-state index contributed by atoms with van der Waals surface area (Å²) in [6, 6.07) is 6.79. The van der Waals surface area contributed by atoms with E-state index in [0.29, 0.717) is 19.5 Å².